The van der Waals surface area contributed by atoms with E-state index in [1.165, 1.54) is 0 Å². The van der Waals surface area contributed by atoms with E-state index < -0.39 is 0 Å². The second kappa shape index (κ2) is 10.9. The molecule has 2 aromatic carbocycles. The Hall–Kier alpha value is -3.49. The van der Waals surface area contributed by atoms with Crippen LogP contribution in [-0.2, 0) is 4.79 Å². The Bertz CT molecular complexity index is 1440. The highest BCUT2D eigenvalue weighted by atomic mass is 79.9. The van der Waals surface area contributed by atoms with Gasteiger partial charge in [0, 0.05) is 34.9 Å². The highest BCUT2D eigenvalue weighted by Gasteiger charge is 2.41. The van der Waals surface area contributed by atoms with E-state index in [0.29, 0.717) is 11.7 Å². The molecule has 0 unspecified atom stereocenters. The number of amides is 1. The van der Waals surface area contributed by atoms with E-state index in [0.717, 1.165) is 44.1 Å². The first kappa shape index (κ1) is 25.2. The van der Waals surface area contributed by atoms with Gasteiger partial charge in [0.1, 0.15) is 17.6 Å². The molecule has 1 saturated heterocycles. The van der Waals surface area contributed by atoms with Crippen LogP contribution in [0.2, 0.25) is 0 Å². The molecule has 2 atom stereocenters. The minimum atomic E-state index is -0.257. The van der Waals surface area contributed by atoms with Gasteiger partial charge in [-0.15, -0.1) is 0 Å². The first-order chi connectivity index (χ1) is 17.9. The van der Waals surface area contributed by atoms with Crippen LogP contribution in [0.3, 0.4) is 0 Å². The smallest absolute Gasteiger partial charge is 0.226 e. The quantitative estimate of drug-likeness (QED) is 0.239. The van der Waals surface area contributed by atoms with Crippen LogP contribution < -0.4 is 10.6 Å². The summed E-state index contributed by atoms with van der Waals surface area (Å²) < 4.78 is 7.39. The number of carbonyl (C=O) groups excluding carboxylic acids is 1. The molecule has 0 spiro atoms. The highest BCUT2D eigenvalue weighted by Crippen LogP contribution is 2.41. The summed E-state index contributed by atoms with van der Waals surface area (Å²) in [5.41, 5.74) is 4.88. The molecule has 3 heterocycles. The molecule has 1 aliphatic rings. The number of aromatic nitrogens is 1. The van der Waals surface area contributed by atoms with Gasteiger partial charge in [-0.2, -0.15) is 0 Å². The van der Waals surface area contributed by atoms with Crippen molar-refractivity contribution in [3.05, 3.63) is 106 Å². The predicted molar refractivity (Wildman–Crippen MR) is 153 cm³/mol. The second-order valence-corrected chi connectivity index (χ2v) is 10.4. The van der Waals surface area contributed by atoms with E-state index in [2.05, 4.69) is 50.6 Å². The van der Waals surface area contributed by atoms with Gasteiger partial charge in [0.15, 0.2) is 5.11 Å². The average Bonchev–Trinajstić information content (AvgIpc) is 3.47. The molecule has 1 amide bonds. The lowest BCUT2D eigenvalue weighted by molar-refractivity contribution is -0.116. The van der Waals surface area contributed by atoms with Crippen LogP contribution in [0.4, 0.5) is 5.69 Å². The van der Waals surface area contributed by atoms with Crippen LogP contribution in [0.25, 0.3) is 11.3 Å². The zero-order chi connectivity index (χ0) is 25.9. The van der Waals surface area contributed by atoms with Crippen molar-refractivity contribution in [1.29, 1.82) is 0 Å². The summed E-state index contributed by atoms with van der Waals surface area (Å²) in [5.74, 6) is 1.44. The van der Waals surface area contributed by atoms with Crippen molar-refractivity contribution < 1.29 is 9.21 Å². The minimum Gasteiger partial charge on any atom is -0.459 e. The van der Waals surface area contributed by atoms with Crippen molar-refractivity contribution in [2.45, 2.75) is 32.4 Å². The third-order valence-corrected chi connectivity index (χ3v) is 7.40. The number of halogens is 1. The summed E-state index contributed by atoms with van der Waals surface area (Å²) >= 11 is 9.40. The molecule has 1 fully saturated rings. The van der Waals surface area contributed by atoms with Crippen LogP contribution >= 0.6 is 28.1 Å². The number of pyridine rings is 1. The predicted octanol–water partition coefficient (Wildman–Crippen LogP) is 6.72. The SMILES string of the molecule is Cc1cccc(NC(=O)CCN2C(=S)N[C@H](c3ccccn3)[C@@H]2c2ccc(-c3ccc(C)cc3Br)o2)c1. The lowest BCUT2D eigenvalue weighted by Gasteiger charge is -2.25. The Morgan fingerprint density at radius 1 is 1.08 bits per heavy atom. The molecular formula is C29H27BrN4O2S. The summed E-state index contributed by atoms with van der Waals surface area (Å²) in [6, 6.07) is 23.3. The van der Waals surface area contributed by atoms with Crippen LogP contribution in [-0.4, -0.2) is 27.4 Å². The lowest BCUT2D eigenvalue weighted by Crippen LogP contribution is -2.32. The van der Waals surface area contributed by atoms with Crippen LogP contribution in [0.1, 0.15) is 41.1 Å². The molecule has 2 N–H and O–H groups in total. The van der Waals surface area contributed by atoms with Gasteiger partial charge in [0.2, 0.25) is 5.91 Å². The zero-order valence-electron chi connectivity index (χ0n) is 20.6. The largest absolute Gasteiger partial charge is 0.459 e. The molecule has 8 heteroatoms. The topological polar surface area (TPSA) is 70.4 Å². The molecule has 4 aromatic rings. The van der Waals surface area contributed by atoms with E-state index >= 15 is 0 Å². The highest BCUT2D eigenvalue weighted by molar-refractivity contribution is 9.10. The number of hydrogen-bond donors (Lipinski definition) is 2. The minimum absolute atomic E-state index is 0.0721. The number of furan rings is 1. The van der Waals surface area contributed by atoms with Crippen molar-refractivity contribution in [1.82, 2.24) is 15.2 Å². The summed E-state index contributed by atoms with van der Waals surface area (Å²) in [6.45, 7) is 4.48. The van der Waals surface area contributed by atoms with Gasteiger partial charge in [-0.05, 0) is 85.7 Å². The molecule has 2 aromatic heterocycles. The molecule has 0 radical (unpaired) electrons. The molecule has 0 bridgehead atoms. The molecular weight excluding hydrogens is 548 g/mol. The Kier molecular flexibility index (Phi) is 7.39. The van der Waals surface area contributed by atoms with Gasteiger partial charge in [0.25, 0.3) is 0 Å². The Labute approximate surface area is 230 Å². The summed E-state index contributed by atoms with van der Waals surface area (Å²) in [5, 5.41) is 6.96. The Morgan fingerprint density at radius 2 is 1.92 bits per heavy atom. The number of hydrogen-bond acceptors (Lipinski definition) is 4. The van der Waals surface area contributed by atoms with Crippen molar-refractivity contribution in [3.63, 3.8) is 0 Å². The summed E-state index contributed by atoms with van der Waals surface area (Å²) in [7, 11) is 0. The average molecular weight is 576 g/mol. The summed E-state index contributed by atoms with van der Waals surface area (Å²) in [6.07, 6.45) is 2.05. The maximum atomic E-state index is 12.8. The van der Waals surface area contributed by atoms with E-state index in [1.807, 2.05) is 72.5 Å². The van der Waals surface area contributed by atoms with Gasteiger partial charge in [-0.25, -0.2) is 0 Å². The van der Waals surface area contributed by atoms with Crippen LogP contribution in [0.5, 0.6) is 0 Å². The molecule has 5 rings (SSSR count). The van der Waals surface area contributed by atoms with Crippen LogP contribution in [0, 0.1) is 13.8 Å². The van der Waals surface area contributed by atoms with Gasteiger partial charge in [-0.1, -0.05) is 40.2 Å². The van der Waals surface area contributed by atoms with Gasteiger partial charge >= 0.3 is 0 Å². The Morgan fingerprint density at radius 3 is 2.68 bits per heavy atom. The van der Waals surface area contributed by atoms with E-state index in [4.69, 9.17) is 16.6 Å². The molecule has 188 valence electrons. The Balaban J connectivity index is 1.41. The first-order valence-electron chi connectivity index (χ1n) is 12.1. The maximum Gasteiger partial charge on any atom is 0.226 e. The fourth-order valence-electron chi connectivity index (χ4n) is 4.60. The number of nitrogens with one attached hydrogen (secondary N) is 2. The number of rotatable bonds is 7. The standard InChI is InChI=1S/C29H27BrN4O2S/c1-18-6-5-7-20(16-18)32-26(35)13-15-34-28(27(33-29(34)37)23-8-3-4-14-31-23)25-12-11-24(36-25)21-10-9-19(2)17-22(21)30/h3-12,14,16-17,27-28H,13,15H2,1-2H3,(H,32,35)(H,33,37)/t27-,28+/m1/s1. The lowest BCUT2D eigenvalue weighted by atomic mass is 10.0. The zero-order valence-corrected chi connectivity index (χ0v) is 23.0. The molecule has 1 aliphatic heterocycles. The maximum absolute atomic E-state index is 12.8. The first-order valence-corrected chi connectivity index (χ1v) is 13.3. The van der Waals surface area contributed by atoms with E-state index in [-0.39, 0.29) is 24.4 Å². The monoisotopic (exact) mass is 574 g/mol. The molecule has 0 saturated carbocycles. The van der Waals surface area contributed by atoms with Gasteiger partial charge < -0.3 is 20.0 Å². The van der Waals surface area contributed by atoms with Gasteiger partial charge in [-0.3, -0.25) is 9.78 Å². The molecule has 6 nitrogen and oxygen atoms in total. The van der Waals surface area contributed by atoms with E-state index in [1.54, 1.807) is 6.20 Å². The fourth-order valence-corrected chi connectivity index (χ4v) is 5.62. The number of benzene rings is 2. The molecule has 37 heavy (non-hydrogen) atoms. The van der Waals surface area contributed by atoms with E-state index in [9.17, 15) is 4.79 Å². The number of thiocarbonyl (C=S) groups is 1. The van der Waals surface area contributed by atoms with Crippen molar-refractivity contribution in [2.75, 3.05) is 11.9 Å². The van der Waals surface area contributed by atoms with Crippen molar-refractivity contribution in [2.24, 2.45) is 0 Å². The summed E-state index contributed by atoms with van der Waals surface area (Å²) in [4.78, 5) is 19.4. The second-order valence-electron chi connectivity index (χ2n) is 9.17. The number of aryl methyl sites for hydroxylation is 2. The van der Waals surface area contributed by atoms with Crippen molar-refractivity contribution >= 4 is 44.9 Å². The number of nitrogens with zero attached hydrogens (tertiary/aromatic N) is 2. The third-order valence-electron chi connectivity index (χ3n) is 6.39. The number of anilines is 1. The normalized spacial score (nSPS) is 17.1. The fraction of sp³-hybridized carbons (Fsp3) is 0.207. The van der Waals surface area contributed by atoms with Crippen molar-refractivity contribution in [3.8, 4) is 11.3 Å². The third kappa shape index (κ3) is 5.60. The molecule has 0 aliphatic carbocycles. The number of carbonyl (C=O) groups is 1. The van der Waals surface area contributed by atoms with Gasteiger partial charge in [0.05, 0.1) is 11.7 Å². The van der Waals surface area contributed by atoms with Crippen LogP contribution in [0.15, 0.2) is 87.9 Å².